The number of rotatable bonds is 1. The standard InChI is InChI=1S/C4H5NO4S2/c1-11(8,9)3-2(6)5-4(7)10-3/h3H,1H3,(H,5,6,7). The van der Waals surface area contributed by atoms with Gasteiger partial charge in [-0.05, 0) is 11.8 Å². The number of carbonyl (C=O) groups excluding carboxylic acids is 2. The lowest BCUT2D eigenvalue weighted by Gasteiger charge is -1.98. The number of amides is 2. The Hall–Kier alpha value is -0.560. The van der Waals surface area contributed by atoms with Crippen LogP contribution in [0.2, 0.25) is 0 Å². The number of nitrogens with one attached hydrogen (secondary N) is 1. The molecule has 1 heterocycles. The minimum atomic E-state index is -3.45. The van der Waals surface area contributed by atoms with E-state index in [2.05, 4.69) is 0 Å². The van der Waals surface area contributed by atoms with Crippen molar-refractivity contribution in [1.29, 1.82) is 0 Å². The summed E-state index contributed by atoms with van der Waals surface area (Å²) in [6.45, 7) is 0. The molecule has 0 spiro atoms. The summed E-state index contributed by atoms with van der Waals surface area (Å²) >= 11 is 0.493. The van der Waals surface area contributed by atoms with Crippen LogP contribution in [0.3, 0.4) is 0 Å². The third-order valence-corrected chi connectivity index (χ3v) is 4.12. The van der Waals surface area contributed by atoms with Gasteiger partial charge in [-0.25, -0.2) is 8.42 Å². The fourth-order valence-corrected chi connectivity index (χ4v) is 2.55. The molecule has 1 saturated heterocycles. The summed E-state index contributed by atoms with van der Waals surface area (Å²) in [7, 11) is -3.45. The molecule has 1 unspecified atom stereocenters. The smallest absolute Gasteiger partial charge is 0.285 e. The molecule has 0 aliphatic carbocycles. The molecule has 1 atom stereocenters. The average Bonchev–Trinajstić information content (AvgIpc) is 2.08. The summed E-state index contributed by atoms with van der Waals surface area (Å²) in [5.74, 6) is -0.748. The first-order valence-electron chi connectivity index (χ1n) is 2.61. The fourth-order valence-electron chi connectivity index (χ4n) is 0.622. The zero-order valence-corrected chi connectivity index (χ0v) is 7.16. The van der Waals surface area contributed by atoms with Crippen LogP contribution < -0.4 is 5.32 Å². The number of sulfone groups is 1. The molecule has 1 aliphatic heterocycles. The van der Waals surface area contributed by atoms with E-state index in [1.54, 1.807) is 0 Å². The topological polar surface area (TPSA) is 80.3 Å². The normalized spacial score (nSPS) is 25.4. The molecule has 0 saturated carbocycles. The van der Waals surface area contributed by atoms with Crippen molar-refractivity contribution in [2.24, 2.45) is 0 Å². The Kier molecular flexibility index (Phi) is 1.93. The molecule has 0 aromatic carbocycles. The van der Waals surface area contributed by atoms with Crippen molar-refractivity contribution in [2.45, 2.75) is 4.58 Å². The molecule has 0 radical (unpaired) electrons. The van der Waals surface area contributed by atoms with E-state index in [1.165, 1.54) is 0 Å². The Morgan fingerprint density at radius 1 is 1.45 bits per heavy atom. The van der Waals surface area contributed by atoms with E-state index in [9.17, 15) is 18.0 Å². The van der Waals surface area contributed by atoms with Crippen LogP contribution in [0.15, 0.2) is 0 Å². The van der Waals surface area contributed by atoms with Gasteiger partial charge in [0.1, 0.15) is 0 Å². The third kappa shape index (κ3) is 1.72. The van der Waals surface area contributed by atoms with E-state index in [1.807, 2.05) is 5.32 Å². The van der Waals surface area contributed by atoms with Crippen molar-refractivity contribution in [3.05, 3.63) is 0 Å². The Labute approximate surface area is 67.4 Å². The van der Waals surface area contributed by atoms with Gasteiger partial charge in [0.25, 0.3) is 11.1 Å². The SMILES string of the molecule is CS(=O)(=O)C1SC(=O)NC1=O. The van der Waals surface area contributed by atoms with Crippen LogP contribution in [0.4, 0.5) is 4.79 Å². The summed E-state index contributed by atoms with van der Waals surface area (Å²) in [4.78, 5) is 21.2. The van der Waals surface area contributed by atoms with Gasteiger partial charge in [0.05, 0.1) is 0 Å². The van der Waals surface area contributed by atoms with Crippen LogP contribution in [0.25, 0.3) is 0 Å². The highest BCUT2D eigenvalue weighted by Gasteiger charge is 2.39. The van der Waals surface area contributed by atoms with Crippen molar-refractivity contribution in [3.8, 4) is 0 Å². The monoisotopic (exact) mass is 195 g/mol. The predicted molar refractivity (Wildman–Crippen MR) is 39.8 cm³/mol. The maximum Gasteiger partial charge on any atom is 0.287 e. The van der Waals surface area contributed by atoms with Gasteiger partial charge in [-0.3, -0.25) is 14.9 Å². The lowest BCUT2D eigenvalue weighted by atomic mass is 10.7. The van der Waals surface area contributed by atoms with Crippen LogP contribution >= 0.6 is 11.8 Å². The quantitative estimate of drug-likeness (QED) is 0.600. The Balaban J connectivity index is 2.94. The highest BCUT2D eigenvalue weighted by atomic mass is 32.3. The second kappa shape index (κ2) is 2.49. The van der Waals surface area contributed by atoms with Crippen LogP contribution in [0.5, 0.6) is 0 Å². The van der Waals surface area contributed by atoms with Gasteiger partial charge in [0.2, 0.25) is 0 Å². The largest absolute Gasteiger partial charge is 0.287 e. The fraction of sp³-hybridized carbons (Fsp3) is 0.500. The molecule has 0 aromatic heterocycles. The third-order valence-electron chi connectivity index (χ3n) is 1.04. The molecule has 5 nitrogen and oxygen atoms in total. The first kappa shape index (κ1) is 8.54. The van der Waals surface area contributed by atoms with Crippen molar-refractivity contribution in [3.63, 3.8) is 0 Å². The molecule has 0 bridgehead atoms. The second-order valence-electron chi connectivity index (χ2n) is 2.06. The predicted octanol–water partition coefficient (Wildman–Crippen LogP) is -0.660. The van der Waals surface area contributed by atoms with Crippen molar-refractivity contribution in [1.82, 2.24) is 5.32 Å². The summed E-state index contributed by atoms with van der Waals surface area (Å²) in [6, 6.07) is 0. The molecule has 1 aliphatic rings. The lowest BCUT2D eigenvalue weighted by Crippen LogP contribution is -2.29. The highest BCUT2D eigenvalue weighted by molar-refractivity contribution is 8.24. The van der Waals surface area contributed by atoms with Crippen molar-refractivity contribution in [2.75, 3.05) is 6.26 Å². The zero-order valence-electron chi connectivity index (χ0n) is 5.53. The van der Waals surface area contributed by atoms with E-state index >= 15 is 0 Å². The summed E-state index contributed by atoms with van der Waals surface area (Å²) < 4.78 is 20.3. The van der Waals surface area contributed by atoms with Crippen LogP contribution in [0.1, 0.15) is 0 Å². The minimum Gasteiger partial charge on any atom is -0.285 e. The lowest BCUT2D eigenvalue weighted by molar-refractivity contribution is -0.117. The van der Waals surface area contributed by atoms with Gasteiger partial charge in [0, 0.05) is 6.26 Å². The summed E-state index contributed by atoms with van der Waals surface area (Å²) in [6.07, 6.45) is 0.919. The first-order valence-corrected chi connectivity index (χ1v) is 5.45. The Bertz CT molecular complexity index is 306. The first-order chi connectivity index (χ1) is 4.91. The Morgan fingerprint density at radius 3 is 2.18 bits per heavy atom. The zero-order chi connectivity index (χ0) is 8.65. The average molecular weight is 195 g/mol. The van der Waals surface area contributed by atoms with E-state index in [4.69, 9.17) is 0 Å². The number of hydrogen-bond donors (Lipinski definition) is 1. The molecule has 1 rings (SSSR count). The summed E-state index contributed by atoms with van der Waals surface area (Å²) in [5.41, 5.74) is 0. The molecule has 1 fully saturated rings. The highest BCUT2D eigenvalue weighted by Crippen LogP contribution is 2.22. The number of hydrogen-bond acceptors (Lipinski definition) is 5. The Morgan fingerprint density at radius 2 is 2.00 bits per heavy atom. The number of carbonyl (C=O) groups is 2. The van der Waals surface area contributed by atoms with Crippen LogP contribution in [-0.4, -0.2) is 30.4 Å². The van der Waals surface area contributed by atoms with Gasteiger partial charge in [-0.15, -0.1) is 0 Å². The van der Waals surface area contributed by atoms with Crippen molar-refractivity contribution < 1.29 is 18.0 Å². The van der Waals surface area contributed by atoms with Gasteiger partial charge in [-0.1, -0.05) is 0 Å². The number of thioether (sulfide) groups is 1. The maximum absolute atomic E-state index is 10.8. The van der Waals surface area contributed by atoms with Gasteiger partial charge >= 0.3 is 0 Å². The van der Waals surface area contributed by atoms with Gasteiger partial charge < -0.3 is 0 Å². The van der Waals surface area contributed by atoms with Crippen LogP contribution in [-0.2, 0) is 14.6 Å². The van der Waals surface area contributed by atoms with Crippen molar-refractivity contribution >= 4 is 32.7 Å². The summed E-state index contributed by atoms with van der Waals surface area (Å²) in [5, 5.41) is 1.27. The van der Waals surface area contributed by atoms with Crippen LogP contribution in [0, 0.1) is 0 Å². The number of imide groups is 1. The molecule has 2 amide bonds. The van der Waals surface area contributed by atoms with E-state index in [0.717, 1.165) is 6.26 Å². The van der Waals surface area contributed by atoms with E-state index < -0.39 is 25.6 Å². The molecular weight excluding hydrogens is 190 g/mol. The molecule has 7 heteroatoms. The van der Waals surface area contributed by atoms with E-state index in [0.29, 0.717) is 11.8 Å². The van der Waals surface area contributed by atoms with E-state index in [-0.39, 0.29) is 0 Å². The molecule has 62 valence electrons. The molecular formula is C4H5NO4S2. The van der Waals surface area contributed by atoms with Gasteiger partial charge in [-0.2, -0.15) is 0 Å². The minimum absolute atomic E-state index is 0.493. The van der Waals surface area contributed by atoms with Gasteiger partial charge in [0.15, 0.2) is 14.4 Å². The molecule has 1 N–H and O–H groups in total. The second-order valence-corrected chi connectivity index (χ2v) is 5.56. The maximum atomic E-state index is 10.8. The molecule has 11 heavy (non-hydrogen) atoms. The molecule has 0 aromatic rings.